The molecule has 0 radical (unpaired) electrons. The standard InChI is InChI=1S/C21H18Cl2N2O2/c22-15-7-8-17(23)16(12-15)21(26)24-13-19(20-6-3-11-27-20)25-10-9-14-4-1-2-5-18(14)25/h1-8,11-12,19H,9-10,13H2,(H,24,26)/t19-/m1/s1. The van der Waals surface area contributed by atoms with Gasteiger partial charge >= 0.3 is 0 Å². The van der Waals surface area contributed by atoms with Gasteiger partial charge in [0.15, 0.2) is 0 Å². The Hall–Kier alpha value is -2.43. The zero-order valence-corrected chi connectivity index (χ0v) is 16.0. The van der Waals surface area contributed by atoms with E-state index in [4.69, 9.17) is 27.6 Å². The molecule has 0 unspecified atom stereocenters. The zero-order valence-electron chi connectivity index (χ0n) is 14.5. The molecule has 6 heteroatoms. The Morgan fingerprint density at radius 3 is 2.81 bits per heavy atom. The highest BCUT2D eigenvalue weighted by Gasteiger charge is 2.29. The number of benzene rings is 2. The van der Waals surface area contributed by atoms with Crippen LogP contribution in [-0.4, -0.2) is 19.0 Å². The third kappa shape index (κ3) is 3.68. The Bertz CT molecular complexity index is 957. The van der Waals surface area contributed by atoms with Crippen LogP contribution in [0.3, 0.4) is 0 Å². The number of amides is 1. The predicted octanol–water partition coefficient (Wildman–Crippen LogP) is 5.12. The molecule has 2 aromatic carbocycles. The molecule has 2 heterocycles. The highest BCUT2D eigenvalue weighted by Crippen LogP contribution is 2.35. The fourth-order valence-corrected chi connectivity index (χ4v) is 3.86. The number of furan rings is 1. The molecule has 138 valence electrons. The molecule has 1 atom stereocenters. The summed E-state index contributed by atoms with van der Waals surface area (Å²) in [5.74, 6) is 0.552. The van der Waals surface area contributed by atoms with Crippen LogP contribution in [-0.2, 0) is 6.42 Å². The van der Waals surface area contributed by atoms with Crippen molar-refractivity contribution >= 4 is 34.8 Å². The molecule has 3 aromatic rings. The second-order valence-electron chi connectivity index (χ2n) is 6.44. The van der Waals surface area contributed by atoms with E-state index >= 15 is 0 Å². The molecule has 1 aliphatic heterocycles. The van der Waals surface area contributed by atoms with Gasteiger partial charge in [-0.15, -0.1) is 0 Å². The quantitative estimate of drug-likeness (QED) is 0.646. The van der Waals surface area contributed by atoms with Crippen molar-refractivity contribution in [3.05, 3.63) is 87.8 Å². The Morgan fingerprint density at radius 2 is 2.00 bits per heavy atom. The van der Waals surface area contributed by atoms with Crippen LogP contribution in [0.1, 0.15) is 27.7 Å². The first-order valence-electron chi connectivity index (χ1n) is 8.74. The van der Waals surface area contributed by atoms with Gasteiger partial charge in [0.2, 0.25) is 0 Å². The first kappa shape index (κ1) is 18.0. The first-order chi connectivity index (χ1) is 13.1. The minimum atomic E-state index is -0.258. The monoisotopic (exact) mass is 400 g/mol. The van der Waals surface area contributed by atoms with E-state index < -0.39 is 0 Å². The number of hydrogen-bond donors (Lipinski definition) is 1. The molecular formula is C21H18Cl2N2O2. The number of rotatable bonds is 5. The number of nitrogens with zero attached hydrogens (tertiary/aromatic N) is 1. The van der Waals surface area contributed by atoms with Gasteiger partial charge in [-0.25, -0.2) is 0 Å². The van der Waals surface area contributed by atoms with Crippen LogP contribution < -0.4 is 10.2 Å². The van der Waals surface area contributed by atoms with Crippen molar-refractivity contribution in [1.82, 2.24) is 5.32 Å². The molecule has 0 spiro atoms. The summed E-state index contributed by atoms with van der Waals surface area (Å²) in [7, 11) is 0. The summed E-state index contributed by atoms with van der Waals surface area (Å²) in [6, 6.07) is 16.9. The Kier molecular flexibility index (Phi) is 5.10. The summed E-state index contributed by atoms with van der Waals surface area (Å²) >= 11 is 12.2. The van der Waals surface area contributed by atoms with E-state index in [0.29, 0.717) is 22.2 Å². The molecule has 1 aliphatic rings. The number of halogens is 2. The first-order valence-corrected chi connectivity index (χ1v) is 9.50. The maximum Gasteiger partial charge on any atom is 0.252 e. The summed E-state index contributed by atoms with van der Waals surface area (Å²) in [5.41, 5.74) is 2.84. The van der Waals surface area contributed by atoms with E-state index in [0.717, 1.165) is 18.7 Å². The summed E-state index contributed by atoms with van der Waals surface area (Å²) in [5, 5.41) is 3.83. The molecule has 0 saturated carbocycles. The van der Waals surface area contributed by atoms with Crippen molar-refractivity contribution in [2.75, 3.05) is 18.0 Å². The lowest BCUT2D eigenvalue weighted by atomic mass is 10.1. The largest absolute Gasteiger partial charge is 0.467 e. The van der Waals surface area contributed by atoms with E-state index in [1.165, 1.54) is 11.3 Å². The number of para-hydroxylation sites is 1. The van der Waals surface area contributed by atoms with Crippen LogP contribution in [0.4, 0.5) is 5.69 Å². The number of carbonyl (C=O) groups is 1. The second kappa shape index (κ2) is 7.67. The predicted molar refractivity (Wildman–Crippen MR) is 108 cm³/mol. The topological polar surface area (TPSA) is 45.5 Å². The second-order valence-corrected chi connectivity index (χ2v) is 7.28. The van der Waals surface area contributed by atoms with Crippen LogP contribution in [0.25, 0.3) is 0 Å². The Morgan fingerprint density at radius 1 is 1.15 bits per heavy atom. The summed E-state index contributed by atoms with van der Waals surface area (Å²) in [4.78, 5) is 14.9. The summed E-state index contributed by atoms with van der Waals surface area (Å²) in [6.45, 7) is 1.27. The summed E-state index contributed by atoms with van der Waals surface area (Å²) < 4.78 is 5.66. The van der Waals surface area contributed by atoms with E-state index in [1.54, 1.807) is 24.5 Å². The van der Waals surface area contributed by atoms with Crippen LogP contribution in [0.2, 0.25) is 10.0 Å². The van der Waals surface area contributed by atoms with E-state index in [2.05, 4.69) is 22.3 Å². The van der Waals surface area contributed by atoms with Crippen LogP contribution in [0.5, 0.6) is 0 Å². The van der Waals surface area contributed by atoms with Crippen molar-refractivity contribution < 1.29 is 9.21 Å². The van der Waals surface area contributed by atoms with Crippen LogP contribution in [0, 0.1) is 0 Å². The van der Waals surface area contributed by atoms with Crippen molar-refractivity contribution in [2.24, 2.45) is 0 Å². The Balaban J connectivity index is 1.57. The Labute approximate surface area is 167 Å². The maximum atomic E-state index is 12.6. The smallest absolute Gasteiger partial charge is 0.252 e. The third-order valence-corrected chi connectivity index (χ3v) is 5.36. The number of fused-ring (bicyclic) bond motifs is 1. The van der Waals surface area contributed by atoms with Gasteiger partial charge in [0.25, 0.3) is 5.91 Å². The molecule has 4 rings (SSSR count). The highest BCUT2D eigenvalue weighted by molar-refractivity contribution is 6.35. The lowest BCUT2D eigenvalue weighted by Gasteiger charge is -2.29. The van der Waals surface area contributed by atoms with Gasteiger partial charge in [-0.3, -0.25) is 4.79 Å². The lowest BCUT2D eigenvalue weighted by molar-refractivity contribution is 0.0950. The number of carbonyl (C=O) groups excluding carboxylic acids is 1. The average Bonchev–Trinajstić information content (AvgIpc) is 3.34. The number of nitrogens with one attached hydrogen (secondary N) is 1. The fraction of sp³-hybridized carbons (Fsp3) is 0.190. The molecule has 0 fully saturated rings. The lowest BCUT2D eigenvalue weighted by Crippen LogP contribution is -2.37. The minimum Gasteiger partial charge on any atom is -0.467 e. The molecule has 0 aliphatic carbocycles. The van der Waals surface area contributed by atoms with Gasteiger partial charge in [-0.1, -0.05) is 41.4 Å². The molecule has 4 nitrogen and oxygen atoms in total. The van der Waals surface area contributed by atoms with E-state index in [-0.39, 0.29) is 11.9 Å². The molecule has 1 amide bonds. The zero-order chi connectivity index (χ0) is 18.8. The van der Waals surface area contributed by atoms with Gasteiger partial charge < -0.3 is 14.6 Å². The van der Waals surface area contributed by atoms with Gasteiger partial charge in [-0.2, -0.15) is 0 Å². The molecule has 0 saturated heterocycles. The van der Waals surface area contributed by atoms with Crippen molar-refractivity contribution in [2.45, 2.75) is 12.5 Å². The number of hydrogen-bond acceptors (Lipinski definition) is 3. The van der Waals surface area contributed by atoms with Crippen LogP contribution in [0.15, 0.2) is 65.3 Å². The molecule has 27 heavy (non-hydrogen) atoms. The SMILES string of the molecule is O=C(NC[C@H](c1ccco1)N1CCc2ccccc21)c1cc(Cl)ccc1Cl. The fourth-order valence-electron chi connectivity index (χ4n) is 3.49. The van der Waals surface area contributed by atoms with E-state index in [9.17, 15) is 4.79 Å². The van der Waals surface area contributed by atoms with Gasteiger partial charge in [0.1, 0.15) is 11.8 Å². The van der Waals surface area contributed by atoms with Crippen molar-refractivity contribution in [3.63, 3.8) is 0 Å². The highest BCUT2D eigenvalue weighted by atomic mass is 35.5. The molecule has 1 N–H and O–H groups in total. The van der Waals surface area contributed by atoms with Crippen LogP contribution >= 0.6 is 23.2 Å². The summed E-state index contributed by atoms with van der Waals surface area (Å²) in [6.07, 6.45) is 2.63. The minimum absolute atomic E-state index is 0.106. The third-order valence-electron chi connectivity index (χ3n) is 4.80. The average molecular weight is 401 g/mol. The van der Waals surface area contributed by atoms with Crippen molar-refractivity contribution in [3.8, 4) is 0 Å². The molecular weight excluding hydrogens is 383 g/mol. The van der Waals surface area contributed by atoms with Gasteiger partial charge in [0, 0.05) is 23.8 Å². The number of anilines is 1. The molecule has 0 bridgehead atoms. The normalized spacial score (nSPS) is 14.1. The van der Waals surface area contributed by atoms with Crippen molar-refractivity contribution in [1.29, 1.82) is 0 Å². The van der Waals surface area contributed by atoms with Gasteiger partial charge in [-0.05, 0) is 48.4 Å². The van der Waals surface area contributed by atoms with Gasteiger partial charge in [0.05, 0.1) is 16.8 Å². The molecule has 1 aromatic heterocycles. The maximum absolute atomic E-state index is 12.6. The van der Waals surface area contributed by atoms with E-state index in [1.807, 2.05) is 24.3 Å².